The molecule has 0 saturated carbocycles. The monoisotopic (exact) mass is 404 g/mol. The molecule has 7 heteroatoms. The fourth-order valence-corrected chi connectivity index (χ4v) is 2.97. The van der Waals surface area contributed by atoms with Crippen LogP contribution in [0.25, 0.3) is 0 Å². The van der Waals surface area contributed by atoms with Crippen molar-refractivity contribution in [3.8, 4) is 11.5 Å². The molecule has 150 valence electrons. The average Bonchev–Trinajstić information content (AvgIpc) is 2.71. The molecular formula is C21H25ClN2O4. The first kappa shape index (κ1) is 21.6. The van der Waals surface area contributed by atoms with Crippen molar-refractivity contribution in [2.45, 2.75) is 25.9 Å². The zero-order chi connectivity index (χ0) is 20.7. The first-order valence-corrected chi connectivity index (χ1v) is 9.23. The average molecular weight is 405 g/mol. The van der Waals surface area contributed by atoms with Crippen LogP contribution in [0, 0.1) is 0 Å². The summed E-state index contributed by atoms with van der Waals surface area (Å²) in [7, 11) is 4.66. The summed E-state index contributed by atoms with van der Waals surface area (Å²) < 4.78 is 10.5. The Balaban J connectivity index is 2.25. The van der Waals surface area contributed by atoms with Crippen molar-refractivity contribution in [3.05, 3.63) is 58.6 Å². The lowest BCUT2D eigenvalue weighted by molar-refractivity contribution is -0.139. The fraction of sp³-hybridized carbons (Fsp3) is 0.333. The summed E-state index contributed by atoms with van der Waals surface area (Å²) >= 11 is 5.94. The number of carbonyl (C=O) groups excluding carboxylic acids is 2. The number of methoxy groups -OCH3 is 2. The number of amides is 2. The lowest BCUT2D eigenvalue weighted by atomic mass is 10.1. The predicted octanol–water partition coefficient (Wildman–Crippen LogP) is 3.06. The van der Waals surface area contributed by atoms with E-state index >= 15 is 0 Å². The highest BCUT2D eigenvalue weighted by Gasteiger charge is 2.25. The molecule has 0 aromatic heterocycles. The molecule has 28 heavy (non-hydrogen) atoms. The summed E-state index contributed by atoms with van der Waals surface area (Å²) in [6, 6.07) is 11.9. The van der Waals surface area contributed by atoms with Crippen LogP contribution in [0.3, 0.4) is 0 Å². The molecule has 0 aliphatic heterocycles. The molecule has 6 nitrogen and oxygen atoms in total. The van der Waals surface area contributed by atoms with Crippen molar-refractivity contribution in [2.75, 3.05) is 21.3 Å². The van der Waals surface area contributed by atoms with Gasteiger partial charge < -0.3 is 19.7 Å². The molecule has 2 amide bonds. The minimum Gasteiger partial charge on any atom is -0.493 e. The maximum atomic E-state index is 13.0. The summed E-state index contributed by atoms with van der Waals surface area (Å²) in [5, 5.41) is 3.22. The number of halogens is 1. The molecule has 0 spiro atoms. The number of benzene rings is 2. The van der Waals surface area contributed by atoms with Crippen LogP contribution < -0.4 is 14.8 Å². The summed E-state index contributed by atoms with van der Waals surface area (Å²) in [5.41, 5.74) is 1.66. The second kappa shape index (κ2) is 9.99. The maximum Gasteiger partial charge on any atom is 0.242 e. The van der Waals surface area contributed by atoms with E-state index in [0.29, 0.717) is 23.1 Å². The first-order chi connectivity index (χ1) is 13.4. The van der Waals surface area contributed by atoms with Gasteiger partial charge >= 0.3 is 0 Å². The van der Waals surface area contributed by atoms with Crippen LogP contribution in [0.5, 0.6) is 11.5 Å². The largest absolute Gasteiger partial charge is 0.493 e. The smallest absolute Gasteiger partial charge is 0.242 e. The zero-order valence-electron chi connectivity index (χ0n) is 16.5. The molecule has 0 saturated heterocycles. The molecule has 0 aliphatic rings. The Morgan fingerprint density at radius 2 is 1.64 bits per heavy atom. The van der Waals surface area contributed by atoms with Gasteiger partial charge in [-0.25, -0.2) is 0 Å². The Bertz CT molecular complexity index is 824. The van der Waals surface area contributed by atoms with Gasteiger partial charge in [-0.2, -0.15) is 0 Å². The molecule has 0 fully saturated rings. The lowest BCUT2D eigenvalue weighted by Gasteiger charge is -2.28. The van der Waals surface area contributed by atoms with Gasteiger partial charge in [-0.05, 0) is 42.3 Å². The van der Waals surface area contributed by atoms with Gasteiger partial charge in [0.2, 0.25) is 11.8 Å². The van der Waals surface area contributed by atoms with Gasteiger partial charge in [-0.3, -0.25) is 9.59 Å². The van der Waals surface area contributed by atoms with Crippen molar-refractivity contribution < 1.29 is 19.1 Å². The van der Waals surface area contributed by atoms with E-state index in [1.165, 1.54) is 0 Å². The molecule has 0 heterocycles. The van der Waals surface area contributed by atoms with E-state index in [0.717, 1.165) is 11.1 Å². The van der Waals surface area contributed by atoms with E-state index in [-0.39, 0.29) is 18.2 Å². The van der Waals surface area contributed by atoms with Crippen molar-refractivity contribution in [1.29, 1.82) is 0 Å². The molecule has 2 aromatic rings. The molecule has 2 rings (SSSR count). The third kappa shape index (κ3) is 5.39. The number of carbonyl (C=O) groups is 2. The normalized spacial score (nSPS) is 11.5. The standard InChI is InChI=1S/C21H25ClN2O4/c1-14(21(26)23-2)24(13-15-5-8-17(22)9-6-15)20(25)12-16-7-10-18(27-3)19(11-16)28-4/h5-11,14H,12-13H2,1-4H3,(H,23,26). The van der Waals surface area contributed by atoms with Crippen LogP contribution >= 0.6 is 11.6 Å². The molecule has 1 atom stereocenters. The first-order valence-electron chi connectivity index (χ1n) is 8.86. The zero-order valence-corrected chi connectivity index (χ0v) is 17.2. The number of hydrogen-bond donors (Lipinski definition) is 1. The number of likely N-dealkylation sites (N-methyl/N-ethyl adjacent to an activating group) is 1. The number of rotatable bonds is 8. The van der Waals surface area contributed by atoms with Gasteiger partial charge in [0.15, 0.2) is 11.5 Å². The second-order valence-electron chi connectivity index (χ2n) is 6.30. The van der Waals surface area contributed by atoms with E-state index < -0.39 is 6.04 Å². The predicted molar refractivity (Wildman–Crippen MR) is 109 cm³/mol. The molecule has 1 unspecified atom stereocenters. The van der Waals surface area contributed by atoms with Gasteiger partial charge in [0, 0.05) is 18.6 Å². The topological polar surface area (TPSA) is 67.9 Å². The number of nitrogens with zero attached hydrogens (tertiary/aromatic N) is 1. The van der Waals surface area contributed by atoms with Crippen molar-refractivity contribution in [1.82, 2.24) is 10.2 Å². The van der Waals surface area contributed by atoms with Crippen molar-refractivity contribution in [3.63, 3.8) is 0 Å². The lowest BCUT2D eigenvalue weighted by Crippen LogP contribution is -2.47. The summed E-state index contributed by atoms with van der Waals surface area (Å²) in [4.78, 5) is 26.8. The highest BCUT2D eigenvalue weighted by Crippen LogP contribution is 2.28. The number of hydrogen-bond acceptors (Lipinski definition) is 4. The summed E-state index contributed by atoms with van der Waals surface area (Å²) in [6.45, 7) is 2.01. The van der Waals surface area contributed by atoms with Gasteiger partial charge in [-0.1, -0.05) is 29.8 Å². The van der Waals surface area contributed by atoms with Gasteiger partial charge in [0.05, 0.1) is 20.6 Å². The summed E-state index contributed by atoms with van der Waals surface area (Å²) in [6.07, 6.45) is 0.134. The Hall–Kier alpha value is -2.73. The Morgan fingerprint density at radius 1 is 1.04 bits per heavy atom. The molecular weight excluding hydrogens is 380 g/mol. The van der Waals surface area contributed by atoms with Crippen LogP contribution in [0.15, 0.2) is 42.5 Å². The van der Waals surface area contributed by atoms with Gasteiger partial charge in [0.25, 0.3) is 0 Å². The van der Waals surface area contributed by atoms with Gasteiger partial charge in [-0.15, -0.1) is 0 Å². The Morgan fingerprint density at radius 3 is 2.21 bits per heavy atom. The van der Waals surface area contributed by atoms with E-state index in [9.17, 15) is 9.59 Å². The Kier molecular flexibility index (Phi) is 7.70. The minimum atomic E-state index is -0.617. The highest BCUT2D eigenvalue weighted by molar-refractivity contribution is 6.30. The van der Waals surface area contributed by atoms with Crippen LogP contribution in [-0.2, 0) is 22.6 Å². The van der Waals surface area contributed by atoms with Crippen LogP contribution in [0.2, 0.25) is 5.02 Å². The minimum absolute atomic E-state index is 0.134. The molecule has 2 aromatic carbocycles. The number of ether oxygens (including phenoxy) is 2. The van der Waals surface area contributed by atoms with E-state index in [1.807, 2.05) is 18.2 Å². The van der Waals surface area contributed by atoms with E-state index in [1.54, 1.807) is 57.4 Å². The van der Waals surface area contributed by atoms with Crippen molar-refractivity contribution in [2.24, 2.45) is 0 Å². The molecule has 1 N–H and O–H groups in total. The highest BCUT2D eigenvalue weighted by atomic mass is 35.5. The van der Waals surface area contributed by atoms with Crippen LogP contribution in [0.1, 0.15) is 18.1 Å². The van der Waals surface area contributed by atoms with Gasteiger partial charge in [0.1, 0.15) is 6.04 Å². The molecule has 0 bridgehead atoms. The van der Waals surface area contributed by atoms with Crippen LogP contribution in [-0.4, -0.2) is 44.0 Å². The third-order valence-corrected chi connectivity index (χ3v) is 4.74. The fourth-order valence-electron chi connectivity index (χ4n) is 2.84. The van der Waals surface area contributed by atoms with Crippen molar-refractivity contribution >= 4 is 23.4 Å². The van der Waals surface area contributed by atoms with Crippen LogP contribution in [0.4, 0.5) is 0 Å². The number of nitrogens with one attached hydrogen (secondary N) is 1. The van der Waals surface area contributed by atoms with E-state index in [4.69, 9.17) is 21.1 Å². The maximum absolute atomic E-state index is 13.0. The van der Waals surface area contributed by atoms with E-state index in [2.05, 4.69) is 5.32 Å². The third-order valence-electron chi connectivity index (χ3n) is 4.48. The quantitative estimate of drug-likeness (QED) is 0.734. The molecule has 0 radical (unpaired) electrons. The SMILES string of the molecule is CNC(=O)C(C)N(Cc1ccc(Cl)cc1)C(=O)Cc1ccc(OC)c(OC)c1. The summed E-state index contributed by atoms with van der Waals surface area (Å²) in [5.74, 6) is 0.750. The second-order valence-corrected chi connectivity index (χ2v) is 6.74. The molecule has 0 aliphatic carbocycles. The Labute approximate surface area is 170 Å².